The zero-order chi connectivity index (χ0) is 18.2. The van der Waals surface area contributed by atoms with Crippen LogP contribution in [0.25, 0.3) is 0 Å². The van der Waals surface area contributed by atoms with Crippen molar-refractivity contribution in [1.29, 1.82) is 0 Å². The molecule has 0 fully saturated rings. The maximum Gasteiger partial charge on any atom is 0.264 e. The number of nitrogens with zero attached hydrogens (tertiary/aromatic N) is 1. The van der Waals surface area contributed by atoms with E-state index in [1.54, 1.807) is 31.0 Å². The lowest BCUT2D eigenvalue weighted by atomic mass is 10.3. The Morgan fingerprint density at radius 3 is 2.77 bits per heavy atom. The molecule has 26 heavy (non-hydrogen) atoms. The van der Waals surface area contributed by atoms with E-state index in [4.69, 9.17) is 9.47 Å². The van der Waals surface area contributed by atoms with Crippen LogP contribution in [0.5, 0.6) is 11.5 Å². The quantitative estimate of drug-likeness (QED) is 0.579. The average Bonchev–Trinajstić information content (AvgIpc) is 3.13. The lowest BCUT2D eigenvalue weighted by molar-refractivity contribution is -0.118. The minimum atomic E-state index is -0.246. The molecule has 0 saturated heterocycles. The van der Waals surface area contributed by atoms with Crippen LogP contribution in [0.1, 0.15) is 5.69 Å². The summed E-state index contributed by atoms with van der Waals surface area (Å²) in [6.07, 6.45) is 0. The van der Waals surface area contributed by atoms with Crippen LogP contribution >= 0.6 is 23.1 Å². The maximum absolute atomic E-state index is 12.0. The fourth-order valence-corrected chi connectivity index (χ4v) is 3.74. The summed E-state index contributed by atoms with van der Waals surface area (Å²) < 4.78 is 10.6. The molecule has 0 radical (unpaired) electrons. The van der Waals surface area contributed by atoms with Crippen molar-refractivity contribution in [3.8, 4) is 11.5 Å². The molecule has 3 rings (SSSR count). The molecule has 134 valence electrons. The van der Waals surface area contributed by atoms with Crippen LogP contribution in [-0.4, -0.2) is 24.6 Å². The molecule has 1 heterocycles. The third-order valence-electron chi connectivity index (χ3n) is 3.34. The summed E-state index contributed by atoms with van der Waals surface area (Å²) in [4.78, 5) is 17.7. The van der Waals surface area contributed by atoms with Crippen molar-refractivity contribution in [1.82, 2.24) is 4.98 Å². The highest BCUT2D eigenvalue weighted by atomic mass is 32.2. The van der Waals surface area contributed by atoms with Crippen molar-refractivity contribution < 1.29 is 14.3 Å². The van der Waals surface area contributed by atoms with Crippen molar-refractivity contribution >= 4 is 34.1 Å². The van der Waals surface area contributed by atoms with E-state index >= 15 is 0 Å². The third kappa shape index (κ3) is 5.50. The van der Waals surface area contributed by atoms with Crippen molar-refractivity contribution in [2.75, 3.05) is 19.0 Å². The molecule has 0 aliphatic heterocycles. The van der Waals surface area contributed by atoms with Gasteiger partial charge >= 0.3 is 0 Å². The molecule has 0 unspecified atom stereocenters. The number of aromatic nitrogens is 1. The summed E-state index contributed by atoms with van der Waals surface area (Å²) in [6.45, 7) is -0.0825. The molecule has 0 spiro atoms. The van der Waals surface area contributed by atoms with Gasteiger partial charge in [0.05, 0.1) is 12.8 Å². The van der Waals surface area contributed by atoms with Gasteiger partial charge in [-0.15, -0.1) is 23.1 Å². The highest BCUT2D eigenvalue weighted by molar-refractivity contribution is 7.98. The van der Waals surface area contributed by atoms with Crippen LogP contribution < -0.4 is 14.8 Å². The van der Waals surface area contributed by atoms with Gasteiger partial charge in [-0.3, -0.25) is 10.1 Å². The summed E-state index contributed by atoms with van der Waals surface area (Å²) in [6, 6.07) is 17.3. The number of rotatable bonds is 8. The number of methoxy groups -OCH3 is 1. The van der Waals surface area contributed by atoms with Gasteiger partial charge in [0, 0.05) is 22.1 Å². The van der Waals surface area contributed by atoms with Crippen LogP contribution in [0.4, 0.5) is 5.13 Å². The number of thiazole rings is 1. The van der Waals surface area contributed by atoms with Crippen LogP contribution in [0.15, 0.2) is 64.9 Å². The molecule has 3 aromatic rings. The molecule has 0 aliphatic rings. The summed E-state index contributed by atoms with van der Waals surface area (Å²) in [5, 5.41) is 5.29. The fourth-order valence-electron chi connectivity index (χ4n) is 2.10. The summed E-state index contributed by atoms with van der Waals surface area (Å²) in [5.41, 5.74) is 0.938. The van der Waals surface area contributed by atoms with Crippen molar-refractivity contribution in [3.63, 3.8) is 0 Å². The second-order valence-electron chi connectivity index (χ2n) is 5.26. The topological polar surface area (TPSA) is 60.5 Å². The number of ether oxygens (including phenoxy) is 2. The summed E-state index contributed by atoms with van der Waals surface area (Å²) >= 11 is 3.12. The van der Waals surface area contributed by atoms with Gasteiger partial charge in [-0.05, 0) is 24.3 Å². The Kier molecular flexibility index (Phi) is 6.51. The van der Waals surface area contributed by atoms with Crippen LogP contribution in [-0.2, 0) is 10.5 Å². The Morgan fingerprint density at radius 2 is 1.96 bits per heavy atom. The molecule has 1 N–H and O–H groups in total. The predicted octanol–water partition coefficient (Wildman–Crippen LogP) is 4.46. The molecular formula is C19H18N2O3S2. The number of carbonyl (C=O) groups is 1. The monoisotopic (exact) mass is 386 g/mol. The number of benzene rings is 2. The molecule has 1 amide bonds. The molecule has 0 saturated carbocycles. The number of hydrogen-bond donors (Lipinski definition) is 1. The Balaban J connectivity index is 1.46. The SMILES string of the molecule is COc1cccc(OCC(=O)Nc2nc(CSc3ccccc3)cs2)c1. The van der Waals surface area contributed by atoms with Gasteiger partial charge in [0.15, 0.2) is 11.7 Å². The summed E-state index contributed by atoms with van der Waals surface area (Å²) in [7, 11) is 1.59. The van der Waals surface area contributed by atoms with E-state index in [1.807, 2.05) is 35.7 Å². The standard InChI is InChI=1S/C19H18N2O3S2/c1-23-15-6-5-7-16(10-15)24-11-18(22)21-19-20-14(13-26-19)12-25-17-8-3-2-4-9-17/h2-10,13H,11-12H2,1H3,(H,20,21,22). The zero-order valence-corrected chi connectivity index (χ0v) is 15.8. The van der Waals surface area contributed by atoms with Gasteiger partial charge in [-0.2, -0.15) is 0 Å². The minimum absolute atomic E-state index is 0.0825. The molecular weight excluding hydrogens is 368 g/mol. The largest absolute Gasteiger partial charge is 0.497 e. The highest BCUT2D eigenvalue weighted by Crippen LogP contribution is 2.25. The average molecular weight is 386 g/mol. The van der Waals surface area contributed by atoms with Gasteiger partial charge < -0.3 is 9.47 Å². The van der Waals surface area contributed by atoms with E-state index in [2.05, 4.69) is 22.4 Å². The van der Waals surface area contributed by atoms with E-state index in [0.717, 1.165) is 11.4 Å². The van der Waals surface area contributed by atoms with E-state index in [1.165, 1.54) is 16.2 Å². The Hall–Kier alpha value is -2.51. The van der Waals surface area contributed by atoms with Crippen LogP contribution in [0.3, 0.4) is 0 Å². The first-order chi connectivity index (χ1) is 12.7. The van der Waals surface area contributed by atoms with Crippen molar-refractivity contribution in [2.45, 2.75) is 10.6 Å². The number of hydrogen-bond acceptors (Lipinski definition) is 6. The number of carbonyl (C=O) groups excluding carboxylic acids is 1. The number of thioether (sulfide) groups is 1. The van der Waals surface area contributed by atoms with Gasteiger partial charge in [0.2, 0.25) is 0 Å². The fraction of sp³-hybridized carbons (Fsp3) is 0.158. The van der Waals surface area contributed by atoms with Gasteiger partial charge in [-0.1, -0.05) is 24.3 Å². The molecule has 7 heteroatoms. The van der Waals surface area contributed by atoms with E-state index in [9.17, 15) is 4.79 Å². The van der Waals surface area contributed by atoms with Crippen molar-refractivity contribution in [3.05, 3.63) is 65.7 Å². The van der Waals surface area contributed by atoms with Crippen LogP contribution in [0.2, 0.25) is 0 Å². The van der Waals surface area contributed by atoms with E-state index < -0.39 is 0 Å². The third-order valence-corrected chi connectivity index (χ3v) is 5.19. The Morgan fingerprint density at radius 1 is 1.15 bits per heavy atom. The Labute approximate surface area is 160 Å². The lowest BCUT2D eigenvalue weighted by Crippen LogP contribution is -2.20. The van der Waals surface area contributed by atoms with E-state index in [-0.39, 0.29) is 12.5 Å². The molecule has 5 nitrogen and oxygen atoms in total. The van der Waals surface area contributed by atoms with Gasteiger partial charge in [0.1, 0.15) is 11.5 Å². The number of nitrogens with one attached hydrogen (secondary N) is 1. The summed E-state index contributed by atoms with van der Waals surface area (Å²) in [5.74, 6) is 1.78. The van der Waals surface area contributed by atoms with Crippen molar-refractivity contribution in [2.24, 2.45) is 0 Å². The smallest absolute Gasteiger partial charge is 0.264 e. The number of amides is 1. The first kappa shape index (κ1) is 18.3. The predicted molar refractivity (Wildman–Crippen MR) is 105 cm³/mol. The first-order valence-electron chi connectivity index (χ1n) is 7.92. The first-order valence-corrected chi connectivity index (χ1v) is 9.78. The van der Waals surface area contributed by atoms with Gasteiger partial charge in [-0.25, -0.2) is 4.98 Å². The Bertz CT molecular complexity index is 853. The van der Waals surface area contributed by atoms with E-state index in [0.29, 0.717) is 16.6 Å². The molecule has 0 bridgehead atoms. The molecule has 0 aliphatic carbocycles. The molecule has 0 atom stereocenters. The molecule has 1 aromatic heterocycles. The second kappa shape index (κ2) is 9.26. The minimum Gasteiger partial charge on any atom is -0.497 e. The maximum atomic E-state index is 12.0. The van der Waals surface area contributed by atoms with Crippen LogP contribution in [0, 0.1) is 0 Å². The lowest BCUT2D eigenvalue weighted by Gasteiger charge is -2.07. The highest BCUT2D eigenvalue weighted by Gasteiger charge is 2.08. The number of anilines is 1. The second-order valence-corrected chi connectivity index (χ2v) is 7.17. The van der Waals surface area contributed by atoms with Gasteiger partial charge in [0.25, 0.3) is 5.91 Å². The molecule has 2 aromatic carbocycles. The zero-order valence-electron chi connectivity index (χ0n) is 14.2. The normalized spacial score (nSPS) is 10.3.